The predicted molar refractivity (Wildman–Crippen MR) is 80.0 cm³/mol. The average molecular weight is 272 g/mol. The van der Waals surface area contributed by atoms with E-state index in [-0.39, 0.29) is 16.0 Å². The summed E-state index contributed by atoms with van der Waals surface area (Å²) in [6.45, 7) is 7.30. The fourth-order valence-electron chi connectivity index (χ4n) is 3.89. The third kappa shape index (κ3) is 1.67. The third-order valence-corrected chi connectivity index (χ3v) is 4.90. The summed E-state index contributed by atoms with van der Waals surface area (Å²) < 4.78 is 0. The lowest BCUT2D eigenvalue weighted by molar-refractivity contribution is -0.384. The van der Waals surface area contributed by atoms with Gasteiger partial charge in [-0.1, -0.05) is 25.8 Å². The van der Waals surface area contributed by atoms with Gasteiger partial charge in [0.1, 0.15) is 0 Å². The van der Waals surface area contributed by atoms with Crippen LogP contribution in [-0.4, -0.2) is 11.5 Å². The van der Waals surface area contributed by atoms with Gasteiger partial charge in [-0.3, -0.25) is 10.1 Å². The molecule has 1 aromatic rings. The lowest BCUT2D eigenvalue weighted by Gasteiger charge is -2.36. The summed E-state index contributed by atoms with van der Waals surface area (Å²) in [6, 6.07) is 5.28. The molecule has 0 saturated heterocycles. The summed E-state index contributed by atoms with van der Waals surface area (Å²) in [5.41, 5.74) is 3.51. The maximum atomic E-state index is 11.1. The van der Waals surface area contributed by atoms with E-state index in [2.05, 4.69) is 18.4 Å². The van der Waals surface area contributed by atoms with Gasteiger partial charge in [0, 0.05) is 35.5 Å². The molecule has 1 heterocycles. The molecule has 4 heteroatoms. The molecule has 106 valence electrons. The summed E-state index contributed by atoms with van der Waals surface area (Å²) in [4.78, 5) is 13.0. The summed E-state index contributed by atoms with van der Waals surface area (Å²) in [5, 5.41) is 11.1. The molecule has 0 bridgehead atoms. The van der Waals surface area contributed by atoms with Crippen molar-refractivity contribution >= 4 is 11.4 Å². The van der Waals surface area contributed by atoms with Crippen LogP contribution >= 0.6 is 0 Å². The highest BCUT2D eigenvalue weighted by Crippen LogP contribution is 2.55. The molecule has 4 nitrogen and oxygen atoms in total. The predicted octanol–water partition coefficient (Wildman–Crippen LogP) is 4.15. The molecular formula is C16H20N2O2. The van der Waals surface area contributed by atoms with Crippen LogP contribution < -0.4 is 4.90 Å². The van der Waals surface area contributed by atoms with Gasteiger partial charge in [0.15, 0.2) is 0 Å². The number of nitro benzene ring substituents is 1. The van der Waals surface area contributed by atoms with Crippen molar-refractivity contribution in [1.82, 2.24) is 0 Å². The van der Waals surface area contributed by atoms with E-state index in [9.17, 15) is 10.1 Å². The third-order valence-electron chi connectivity index (χ3n) is 4.90. The molecule has 0 aromatic heterocycles. The highest BCUT2D eigenvalue weighted by molar-refractivity contribution is 5.72. The van der Waals surface area contributed by atoms with Crippen LogP contribution in [0.3, 0.4) is 0 Å². The molecule has 1 saturated carbocycles. The van der Waals surface area contributed by atoms with Crippen LogP contribution in [0.5, 0.6) is 0 Å². The number of anilines is 1. The van der Waals surface area contributed by atoms with Gasteiger partial charge in [0.25, 0.3) is 5.69 Å². The van der Waals surface area contributed by atoms with E-state index in [4.69, 9.17) is 0 Å². The van der Waals surface area contributed by atoms with Crippen molar-refractivity contribution in [3.05, 3.63) is 46.2 Å². The van der Waals surface area contributed by atoms with Crippen LogP contribution in [0.25, 0.3) is 0 Å². The van der Waals surface area contributed by atoms with E-state index in [1.54, 1.807) is 12.1 Å². The number of non-ortho nitro benzene ring substituents is 1. The molecule has 1 fully saturated rings. The fraction of sp³-hybridized carbons (Fsp3) is 0.500. The number of rotatable bonds is 2. The molecule has 3 rings (SSSR count). The van der Waals surface area contributed by atoms with Crippen molar-refractivity contribution in [2.24, 2.45) is 0 Å². The van der Waals surface area contributed by atoms with Gasteiger partial charge in [-0.25, -0.2) is 0 Å². The van der Waals surface area contributed by atoms with Gasteiger partial charge in [-0.15, -0.1) is 0 Å². The zero-order valence-electron chi connectivity index (χ0n) is 11.9. The maximum Gasteiger partial charge on any atom is 0.269 e. The molecule has 2 aliphatic rings. The minimum Gasteiger partial charge on any atom is -0.345 e. The Balaban J connectivity index is 2.17. The number of hydrogen-bond donors (Lipinski definition) is 0. The largest absolute Gasteiger partial charge is 0.345 e. The van der Waals surface area contributed by atoms with Crippen molar-refractivity contribution in [1.29, 1.82) is 0 Å². The van der Waals surface area contributed by atoms with Crippen LogP contribution in [0, 0.1) is 10.1 Å². The topological polar surface area (TPSA) is 46.4 Å². The van der Waals surface area contributed by atoms with Crippen LogP contribution in [-0.2, 0) is 5.41 Å². The second-order valence-electron chi connectivity index (χ2n) is 5.79. The Kier molecular flexibility index (Phi) is 3.04. The molecule has 1 aromatic carbocycles. The van der Waals surface area contributed by atoms with E-state index < -0.39 is 0 Å². The number of nitro groups is 1. The zero-order valence-corrected chi connectivity index (χ0v) is 11.9. The lowest BCUT2D eigenvalue weighted by Crippen LogP contribution is -2.32. The molecule has 1 aliphatic heterocycles. The molecule has 0 atom stereocenters. The van der Waals surface area contributed by atoms with Crippen LogP contribution in [0.15, 0.2) is 30.5 Å². The second kappa shape index (κ2) is 4.62. The first-order chi connectivity index (χ1) is 9.60. The van der Waals surface area contributed by atoms with Crippen LogP contribution in [0.1, 0.15) is 44.6 Å². The Labute approximate surface area is 119 Å². The van der Waals surface area contributed by atoms with E-state index in [1.807, 2.05) is 6.07 Å². The molecule has 1 spiro atoms. The van der Waals surface area contributed by atoms with Gasteiger partial charge >= 0.3 is 0 Å². The van der Waals surface area contributed by atoms with E-state index in [0.29, 0.717) is 0 Å². The fourth-order valence-corrected chi connectivity index (χ4v) is 3.89. The Morgan fingerprint density at radius 3 is 2.65 bits per heavy atom. The molecule has 1 aliphatic carbocycles. The van der Waals surface area contributed by atoms with Gasteiger partial charge in [-0.2, -0.15) is 0 Å². The Morgan fingerprint density at radius 1 is 1.35 bits per heavy atom. The van der Waals surface area contributed by atoms with Gasteiger partial charge in [-0.05, 0) is 31.4 Å². The number of hydrogen-bond acceptors (Lipinski definition) is 3. The first-order valence-corrected chi connectivity index (χ1v) is 7.36. The normalized spacial score (nSPS) is 20.2. The van der Waals surface area contributed by atoms with Crippen molar-refractivity contribution in [2.45, 2.75) is 44.4 Å². The first-order valence-electron chi connectivity index (χ1n) is 7.36. The number of allylic oxidation sites excluding steroid dienone is 1. The molecule has 0 amide bonds. The molecular weight excluding hydrogens is 252 g/mol. The van der Waals surface area contributed by atoms with Gasteiger partial charge in [0.05, 0.1) is 4.92 Å². The Morgan fingerprint density at radius 2 is 2.05 bits per heavy atom. The number of likely N-dealkylation sites (N-methyl/N-ethyl adjacent to an activating group) is 1. The zero-order chi connectivity index (χ0) is 14.3. The summed E-state index contributed by atoms with van der Waals surface area (Å²) in [5.74, 6) is 0. The highest BCUT2D eigenvalue weighted by Gasteiger charge is 2.46. The van der Waals surface area contributed by atoms with Crippen LogP contribution in [0.2, 0.25) is 0 Å². The minimum absolute atomic E-state index is 0.0599. The van der Waals surface area contributed by atoms with Crippen molar-refractivity contribution in [3.8, 4) is 0 Å². The first kappa shape index (κ1) is 13.2. The van der Waals surface area contributed by atoms with Crippen molar-refractivity contribution in [3.63, 3.8) is 0 Å². The van der Waals surface area contributed by atoms with Crippen molar-refractivity contribution < 1.29 is 4.92 Å². The SMILES string of the molecule is C=C1N(CC)c2ccc([N+](=O)[O-])cc2C12CCCCC2. The van der Waals surface area contributed by atoms with E-state index in [0.717, 1.165) is 36.3 Å². The van der Waals surface area contributed by atoms with E-state index >= 15 is 0 Å². The molecule has 0 unspecified atom stereocenters. The van der Waals surface area contributed by atoms with E-state index in [1.165, 1.54) is 19.3 Å². The lowest BCUT2D eigenvalue weighted by atomic mass is 9.69. The Hall–Kier alpha value is -1.84. The Bertz CT molecular complexity index is 574. The number of benzene rings is 1. The van der Waals surface area contributed by atoms with Crippen LogP contribution in [0.4, 0.5) is 11.4 Å². The number of nitrogens with zero attached hydrogens (tertiary/aromatic N) is 2. The number of fused-ring (bicyclic) bond motifs is 2. The quantitative estimate of drug-likeness (QED) is 0.600. The summed E-state index contributed by atoms with van der Waals surface area (Å²) in [6.07, 6.45) is 5.75. The highest BCUT2D eigenvalue weighted by atomic mass is 16.6. The summed E-state index contributed by atoms with van der Waals surface area (Å²) in [7, 11) is 0. The second-order valence-corrected chi connectivity index (χ2v) is 5.79. The van der Waals surface area contributed by atoms with Gasteiger partial charge in [0.2, 0.25) is 0 Å². The maximum absolute atomic E-state index is 11.1. The van der Waals surface area contributed by atoms with Gasteiger partial charge < -0.3 is 4.90 Å². The minimum atomic E-state index is -0.297. The monoisotopic (exact) mass is 272 g/mol. The molecule has 20 heavy (non-hydrogen) atoms. The molecule has 0 N–H and O–H groups in total. The molecule has 0 radical (unpaired) electrons. The van der Waals surface area contributed by atoms with Crippen molar-refractivity contribution in [2.75, 3.05) is 11.4 Å². The summed E-state index contributed by atoms with van der Waals surface area (Å²) >= 11 is 0. The standard InChI is InChI=1S/C16H20N2O2/c1-3-17-12(2)16(9-5-4-6-10-16)14-11-13(18(19)20)7-8-15(14)17/h7-8,11H,2-6,9-10H2,1H3. The average Bonchev–Trinajstić information content (AvgIpc) is 2.69. The smallest absolute Gasteiger partial charge is 0.269 e.